The monoisotopic (exact) mass is 614 g/mol. The maximum absolute atomic E-state index is 12.9. The van der Waals surface area contributed by atoms with Crippen molar-refractivity contribution in [2.24, 2.45) is 0 Å². The summed E-state index contributed by atoms with van der Waals surface area (Å²) in [4.78, 5) is 19.2. The average molecular weight is 615 g/mol. The second-order valence-corrected chi connectivity index (χ2v) is 11.0. The summed E-state index contributed by atoms with van der Waals surface area (Å²) in [5, 5.41) is 6.46. The molecule has 0 N–H and O–H groups in total. The molecule has 2 aliphatic rings. The number of likely N-dealkylation sites (tertiary alicyclic amines) is 1. The lowest BCUT2D eigenvalue weighted by Crippen LogP contribution is -2.40. The fourth-order valence-corrected chi connectivity index (χ4v) is 6.17. The fourth-order valence-electron chi connectivity index (χ4n) is 4.69. The molecule has 5 rings (SSSR count). The van der Waals surface area contributed by atoms with Crippen molar-refractivity contribution in [2.45, 2.75) is 57.9 Å². The van der Waals surface area contributed by atoms with Gasteiger partial charge in [-0.25, -0.2) is 4.98 Å². The van der Waals surface area contributed by atoms with E-state index in [9.17, 15) is 18.0 Å². The van der Waals surface area contributed by atoms with Crippen LogP contribution < -0.4 is 4.74 Å². The maximum atomic E-state index is 12.9. The van der Waals surface area contributed by atoms with Gasteiger partial charge in [0.25, 0.3) is 0 Å². The number of thiazole rings is 1. The number of hydrogen-bond acceptors (Lipinski definition) is 7. The highest BCUT2D eigenvalue weighted by Gasteiger charge is 2.35. The van der Waals surface area contributed by atoms with Crippen LogP contribution in [0, 0.1) is 6.92 Å². The first-order chi connectivity index (χ1) is 18.1. The van der Waals surface area contributed by atoms with Crippen LogP contribution in [0.2, 0.25) is 0 Å². The van der Waals surface area contributed by atoms with Gasteiger partial charge >= 0.3 is 6.18 Å². The molecule has 1 saturated heterocycles. The van der Waals surface area contributed by atoms with E-state index in [1.54, 1.807) is 23.3 Å². The molecule has 1 unspecified atom stereocenters. The van der Waals surface area contributed by atoms with E-state index in [0.29, 0.717) is 50.5 Å². The van der Waals surface area contributed by atoms with Gasteiger partial charge in [0, 0.05) is 45.7 Å². The summed E-state index contributed by atoms with van der Waals surface area (Å²) in [7, 11) is 1.63. The third-order valence-electron chi connectivity index (χ3n) is 6.84. The Morgan fingerprint density at radius 3 is 2.58 bits per heavy atom. The van der Waals surface area contributed by atoms with Crippen molar-refractivity contribution < 1.29 is 32.2 Å². The SMILES string of the molecule is COc1ccc(Br)c2c1COC(c1csc(C3CCN(C(=O)Cn4nc(C(F)(F)F)cc4C)CC3)n1)OC2. The fraction of sp³-hybridized carbons (Fsp3) is 0.480. The van der Waals surface area contributed by atoms with Gasteiger partial charge in [0.15, 0.2) is 5.69 Å². The number of methoxy groups -OCH3 is 1. The van der Waals surface area contributed by atoms with Gasteiger partial charge in [-0.05, 0) is 38.0 Å². The number of amides is 1. The third-order valence-corrected chi connectivity index (χ3v) is 8.61. The molecule has 1 aromatic carbocycles. The zero-order chi connectivity index (χ0) is 27.0. The molecule has 0 radical (unpaired) electrons. The molecule has 13 heteroatoms. The van der Waals surface area contributed by atoms with Gasteiger partial charge < -0.3 is 19.1 Å². The van der Waals surface area contributed by atoms with Crippen LogP contribution in [0.4, 0.5) is 13.2 Å². The van der Waals surface area contributed by atoms with Crippen molar-refractivity contribution in [1.82, 2.24) is 19.7 Å². The van der Waals surface area contributed by atoms with E-state index in [2.05, 4.69) is 21.0 Å². The zero-order valence-electron chi connectivity index (χ0n) is 20.8. The summed E-state index contributed by atoms with van der Waals surface area (Å²) in [6.07, 6.45) is -3.71. The number of aromatic nitrogens is 3. The second-order valence-electron chi connectivity index (χ2n) is 9.25. The van der Waals surface area contributed by atoms with E-state index in [1.807, 2.05) is 17.5 Å². The van der Waals surface area contributed by atoms with Crippen LogP contribution in [0.15, 0.2) is 28.1 Å². The van der Waals surface area contributed by atoms with Gasteiger partial charge in [0.05, 0.1) is 25.3 Å². The van der Waals surface area contributed by atoms with Crippen molar-refractivity contribution in [1.29, 1.82) is 0 Å². The normalized spacial score (nSPS) is 18.8. The molecule has 0 aliphatic carbocycles. The predicted octanol–water partition coefficient (Wildman–Crippen LogP) is 5.59. The first kappa shape index (κ1) is 27.1. The number of rotatable bonds is 5. The lowest BCUT2D eigenvalue weighted by atomic mass is 9.97. The summed E-state index contributed by atoms with van der Waals surface area (Å²) >= 11 is 5.12. The molecule has 204 valence electrons. The number of benzene rings is 1. The molecule has 0 saturated carbocycles. The molecule has 8 nitrogen and oxygen atoms in total. The highest BCUT2D eigenvalue weighted by molar-refractivity contribution is 9.10. The largest absolute Gasteiger partial charge is 0.496 e. The van der Waals surface area contributed by atoms with Gasteiger partial charge in [-0.15, -0.1) is 11.3 Å². The highest BCUT2D eigenvalue weighted by atomic mass is 79.9. The van der Waals surface area contributed by atoms with Crippen LogP contribution in [0.25, 0.3) is 0 Å². The minimum Gasteiger partial charge on any atom is -0.496 e. The number of alkyl halides is 3. The molecule has 2 aromatic heterocycles. The Bertz CT molecular complexity index is 1320. The quantitative estimate of drug-likeness (QED) is 0.373. The van der Waals surface area contributed by atoms with Crippen LogP contribution in [0.1, 0.15) is 58.3 Å². The van der Waals surface area contributed by atoms with Gasteiger partial charge in [0.1, 0.15) is 18.0 Å². The molecule has 38 heavy (non-hydrogen) atoms. The van der Waals surface area contributed by atoms with Crippen molar-refractivity contribution in [3.05, 3.63) is 61.3 Å². The minimum atomic E-state index is -4.54. The molecule has 0 bridgehead atoms. The van der Waals surface area contributed by atoms with Gasteiger partial charge in [-0.3, -0.25) is 9.48 Å². The molecule has 2 aliphatic heterocycles. The van der Waals surface area contributed by atoms with Gasteiger partial charge in [0.2, 0.25) is 12.2 Å². The molecule has 1 fully saturated rings. The Balaban J connectivity index is 1.18. The molecule has 4 heterocycles. The standard InChI is InChI=1S/C25H26BrF3N4O4S/c1-14-9-21(25(27,28)29)31-33(14)10-22(34)32-7-5-15(6-8-32)23-30-19(13-38-23)24-36-11-16-17(12-37-24)20(35-2)4-3-18(16)26/h3-4,9,13,15,24H,5-8,10-12H2,1-2H3. The van der Waals surface area contributed by atoms with Crippen LogP contribution >= 0.6 is 27.3 Å². The Morgan fingerprint density at radius 2 is 1.92 bits per heavy atom. The second kappa shape index (κ2) is 10.9. The molecule has 0 spiro atoms. The lowest BCUT2D eigenvalue weighted by molar-refractivity contribution is -0.155. The van der Waals surface area contributed by atoms with Crippen LogP contribution in [0.5, 0.6) is 5.75 Å². The smallest absolute Gasteiger partial charge is 0.435 e. The highest BCUT2D eigenvalue weighted by Crippen LogP contribution is 2.38. The summed E-state index contributed by atoms with van der Waals surface area (Å²) in [6, 6.07) is 4.77. The maximum Gasteiger partial charge on any atom is 0.435 e. The number of carbonyl (C=O) groups is 1. The lowest BCUT2D eigenvalue weighted by Gasteiger charge is -2.31. The summed E-state index contributed by atoms with van der Waals surface area (Å²) < 4.78 is 58.4. The Kier molecular flexibility index (Phi) is 7.81. The number of piperidine rings is 1. The van der Waals surface area contributed by atoms with E-state index in [4.69, 9.17) is 19.2 Å². The van der Waals surface area contributed by atoms with E-state index in [0.717, 1.165) is 37.1 Å². The number of fused-ring (bicyclic) bond motifs is 1. The number of halogens is 4. The Labute approximate surface area is 229 Å². The van der Waals surface area contributed by atoms with Gasteiger partial charge in [-0.2, -0.15) is 18.3 Å². The van der Waals surface area contributed by atoms with Crippen LogP contribution in [-0.4, -0.2) is 45.8 Å². The number of carbonyl (C=O) groups excluding carboxylic acids is 1. The average Bonchev–Trinajstić information content (AvgIpc) is 3.46. The number of hydrogen-bond donors (Lipinski definition) is 0. The first-order valence-electron chi connectivity index (χ1n) is 12.1. The molecule has 1 amide bonds. The third kappa shape index (κ3) is 5.61. The molecular formula is C25H26BrF3N4O4S. The van der Waals surface area contributed by atoms with E-state index < -0.39 is 18.2 Å². The van der Waals surface area contributed by atoms with Crippen molar-refractivity contribution in [3.63, 3.8) is 0 Å². The number of aryl methyl sites for hydroxylation is 1. The van der Waals surface area contributed by atoms with Crippen LogP contribution in [0.3, 0.4) is 0 Å². The predicted molar refractivity (Wildman–Crippen MR) is 136 cm³/mol. The van der Waals surface area contributed by atoms with Crippen LogP contribution in [-0.2, 0) is 40.2 Å². The Morgan fingerprint density at radius 1 is 1.21 bits per heavy atom. The zero-order valence-corrected chi connectivity index (χ0v) is 23.2. The first-order valence-corrected chi connectivity index (χ1v) is 13.7. The van der Waals surface area contributed by atoms with E-state index in [-0.39, 0.29) is 18.4 Å². The topological polar surface area (TPSA) is 78.7 Å². The molecular weight excluding hydrogens is 589 g/mol. The molecule has 3 aromatic rings. The van der Waals surface area contributed by atoms with Gasteiger partial charge in [-0.1, -0.05) is 15.9 Å². The minimum absolute atomic E-state index is 0.179. The number of ether oxygens (including phenoxy) is 3. The van der Waals surface area contributed by atoms with E-state index >= 15 is 0 Å². The Hall–Kier alpha value is -2.48. The number of nitrogens with zero attached hydrogens (tertiary/aromatic N) is 4. The summed E-state index contributed by atoms with van der Waals surface area (Å²) in [5.74, 6) is 0.680. The van der Waals surface area contributed by atoms with Crippen molar-refractivity contribution in [3.8, 4) is 5.75 Å². The van der Waals surface area contributed by atoms with Crippen molar-refractivity contribution >= 4 is 33.2 Å². The van der Waals surface area contributed by atoms with E-state index in [1.165, 1.54) is 6.92 Å². The van der Waals surface area contributed by atoms with Crippen molar-refractivity contribution in [2.75, 3.05) is 20.2 Å². The summed E-state index contributed by atoms with van der Waals surface area (Å²) in [5.41, 5.74) is 1.95. The summed E-state index contributed by atoms with van der Waals surface area (Å²) in [6.45, 7) is 2.99. The molecule has 1 atom stereocenters.